The molecule has 210 valence electrons. The molecule has 0 spiro atoms. The second kappa shape index (κ2) is 11.7. The highest BCUT2D eigenvalue weighted by Crippen LogP contribution is 2.40. The van der Waals surface area contributed by atoms with Gasteiger partial charge in [0.2, 0.25) is 0 Å². The van der Waals surface area contributed by atoms with Crippen LogP contribution in [0.5, 0.6) is 0 Å². The minimum absolute atomic E-state index is 0.172. The number of fused-ring (bicyclic) bond motifs is 1. The Morgan fingerprint density at radius 3 is 2.33 bits per heavy atom. The van der Waals surface area contributed by atoms with Crippen molar-refractivity contribution < 1.29 is 23.0 Å². The van der Waals surface area contributed by atoms with Crippen LogP contribution in [0.2, 0.25) is 5.02 Å². The minimum Gasteiger partial charge on any atom is -0.465 e. The third-order valence-electron chi connectivity index (χ3n) is 7.98. The largest absolute Gasteiger partial charge is 0.465 e. The Morgan fingerprint density at radius 2 is 1.68 bits per heavy atom. The average Bonchev–Trinajstić information content (AvgIpc) is 3.31. The van der Waals surface area contributed by atoms with E-state index in [4.69, 9.17) is 26.1 Å². The van der Waals surface area contributed by atoms with Crippen molar-refractivity contribution in [3.05, 3.63) is 88.4 Å². The Kier molecular flexibility index (Phi) is 8.24. The fraction of sp³-hybridized carbons (Fsp3) is 0.375. The van der Waals surface area contributed by atoms with E-state index in [1.54, 1.807) is 24.3 Å². The zero-order valence-electron chi connectivity index (χ0n) is 22.9. The van der Waals surface area contributed by atoms with Gasteiger partial charge in [0.05, 0.1) is 42.0 Å². The number of rotatable bonds is 8. The van der Waals surface area contributed by atoms with Crippen LogP contribution < -0.4 is 0 Å². The average molecular weight is 567 g/mol. The Hall–Kier alpha value is -3.29. The third kappa shape index (κ3) is 5.77. The topological polar surface area (TPSA) is 53.4 Å². The summed E-state index contributed by atoms with van der Waals surface area (Å²) in [5, 5.41) is 0.593. The zero-order chi connectivity index (χ0) is 28.4. The van der Waals surface area contributed by atoms with E-state index >= 15 is 0 Å². The number of hydrogen-bond acceptors (Lipinski definition) is 4. The molecule has 0 radical (unpaired) electrons. The van der Waals surface area contributed by atoms with Crippen LogP contribution in [0.4, 0.5) is 8.78 Å². The quantitative estimate of drug-likeness (QED) is 0.201. The van der Waals surface area contributed by atoms with Crippen LogP contribution in [0.1, 0.15) is 67.9 Å². The second-order valence-corrected chi connectivity index (χ2v) is 11.4. The van der Waals surface area contributed by atoms with Crippen molar-refractivity contribution in [3.63, 3.8) is 0 Å². The van der Waals surface area contributed by atoms with Crippen LogP contribution in [0.25, 0.3) is 22.4 Å². The van der Waals surface area contributed by atoms with Crippen LogP contribution >= 0.6 is 11.6 Å². The van der Waals surface area contributed by atoms with E-state index < -0.39 is 23.2 Å². The summed E-state index contributed by atoms with van der Waals surface area (Å²) in [5.41, 5.74) is 2.42. The van der Waals surface area contributed by atoms with Crippen molar-refractivity contribution in [2.75, 3.05) is 13.7 Å². The fourth-order valence-electron chi connectivity index (χ4n) is 5.67. The number of nitrogens with zero attached hydrogens (tertiary/aromatic N) is 2. The van der Waals surface area contributed by atoms with Gasteiger partial charge >= 0.3 is 5.97 Å². The fourth-order valence-corrected chi connectivity index (χ4v) is 5.80. The van der Waals surface area contributed by atoms with Crippen molar-refractivity contribution in [3.8, 4) is 11.4 Å². The molecule has 4 aromatic rings. The number of benzene rings is 3. The molecule has 1 aliphatic carbocycles. The Labute approximate surface area is 238 Å². The predicted molar refractivity (Wildman–Crippen MR) is 152 cm³/mol. The van der Waals surface area contributed by atoms with Gasteiger partial charge in [0.25, 0.3) is 0 Å². The number of carbonyl (C=O) groups is 1. The first kappa shape index (κ1) is 28.2. The lowest BCUT2D eigenvalue weighted by Crippen LogP contribution is -2.31. The molecule has 0 saturated heterocycles. The number of esters is 1. The van der Waals surface area contributed by atoms with Gasteiger partial charge in [-0.1, -0.05) is 43.0 Å². The van der Waals surface area contributed by atoms with Crippen molar-refractivity contribution in [2.24, 2.45) is 5.92 Å². The van der Waals surface area contributed by atoms with E-state index in [9.17, 15) is 13.6 Å². The molecule has 1 heterocycles. The normalized spacial score (nSPS) is 15.3. The highest BCUT2D eigenvalue weighted by molar-refractivity contribution is 6.30. The molecule has 3 aromatic carbocycles. The molecule has 8 heteroatoms. The molecule has 0 aliphatic heterocycles. The number of hydrogen-bond donors (Lipinski definition) is 0. The molecule has 1 saturated carbocycles. The highest BCUT2D eigenvalue weighted by atomic mass is 35.5. The number of carbonyl (C=O) groups excluding carboxylic acids is 1. The van der Waals surface area contributed by atoms with Gasteiger partial charge in [0, 0.05) is 22.7 Å². The number of imidazole rings is 1. The van der Waals surface area contributed by atoms with Crippen molar-refractivity contribution in [1.82, 2.24) is 9.55 Å². The summed E-state index contributed by atoms with van der Waals surface area (Å²) in [6, 6.07) is 16.7. The first-order valence-corrected chi connectivity index (χ1v) is 14.0. The lowest BCUT2D eigenvalue weighted by atomic mass is 9.83. The van der Waals surface area contributed by atoms with Crippen molar-refractivity contribution in [2.45, 2.75) is 57.6 Å². The van der Waals surface area contributed by atoms with Crippen molar-refractivity contribution >= 4 is 28.6 Å². The summed E-state index contributed by atoms with van der Waals surface area (Å²) >= 11 is 6.16. The summed E-state index contributed by atoms with van der Waals surface area (Å²) in [6.45, 7) is 4.31. The van der Waals surface area contributed by atoms with E-state index in [0.717, 1.165) is 42.9 Å². The summed E-state index contributed by atoms with van der Waals surface area (Å²) in [7, 11) is 1.35. The number of aromatic nitrogens is 2. The van der Waals surface area contributed by atoms with E-state index in [1.807, 2.05) is 42.7 Å². The Balaban J connectivity index is 1.56. The Morgan fingerprint density at radius 1 is 1.02 bits per heavy atom. The molecule has 1 atom stereocenters. The molecular weight excluding hydrogens is 534 g/mol. The number of methoxy groups -OCH3 is 1. The smallest absolute Gasteiger partial charge is 0.337 e. The summed E-state index contributed by atoms with van der Waals surface area (Å²) in [6.07, 6.45) is 5.39. The van der Waals surface area contributed by atoms with Gasteiger partial charge in [-0.25, -0.2) is 18.6 Å². The monoisotopic (exact) mass is 566 g/mol. The lowest BCUT2D eigenvalue weighted by Gasteiger charge is -2.35. The first-order chi connectivity index (χ1) is 19.2. The first-order valence-electron chi connectivity index (χ1n) is 13.6. The van der Waals surface area contributed by atoms with Gasteiger partial charge in [-0.15, -0.1) is 0 Å². The van der Waals surface area contributed by atoms with Crippen LogP contribution in [0.3, 0.4) is 0 Å². The summed E-state index contributed by atoms with van der Waals surface area (Å²) in [4.78, 5) is 16.7. The highest BCUT2D eigenvalue weighted by Gasteiger charge is 2.32. The number of halogens is 3. The molecule has 1 unspecified atom stereocenters. The van der Waals surface area contributed by atoms with Crippen molar-refractivity contribution in [1.29, 1.82) is 0 Å². The maximum Gasteiger partial charge on any atom is 0.337 e. The van der Waals surface area contributed by atoms with Crippen LogP contribution in [-0.4, -0.2) is 29.2 Å². The van der Waals surface area contributed by atoms with Crippen LogP contribution in [-0.2, 0) is 15.1 Å². The molecule has 1 aromatic heterocycles. The van der Waals surface area contributed by atoms with Gasteiger partial charge in [-0.05, 0) is 74.6 Å². The maximum absolute atomic E-state index is 14.6. The minimum atomic E-state index is -0.929. The Bertz CT molecular complexity index is 1490. The predicted octanol–water partition coefficient (Wildman–Crippen LogP) is 8.49. The third-order valence-corrected chi connectivity index (χ3v) is 8.23. The molecule has 1 fully saturated rings. The van der Waals surface area contributed by atoms with Crippen LogP contribution in [0, 0.1) is 17.6 Å². The molecule has 1 aliphatic rings. The summed E-state index contributed by atoms with van der Waals surface area (Å²) < 4.78 is 42.4. The molecule has 0 bridgehead atoms. The molecular formula is C32H33ClF2N2O3. The standard InChI is InChI=1S/C32H33ClF2N2O3/c1-32(2,23-13-9-22(10-14-23)31(38)39-3)40-19-29(20-7-5-4-6-8-20)37-28-18-26(35)25(34)17-27(28)36-30(37)21-11-15-24(33)16-12-21/h9-18,20,29H,4-8,19H2,1-3H3. The summed E-state index contributed by atoms with van der Waals surface area (Å²) in [5.74, 6) is -1.35. The molecule has 5 rings (SSSR count). The second-order valence-electron chi connectivity index (χ2n) is 10.9. The van der Waals surface area contributed by atoms with E-state index in [0.29, 0.717) is 34.1 Å². The van der Waals surface area contributed by atoms with Crippen LogP contribution in [0.15, 0.2) is 60.7 Å². The van der Waals surface area contributed by atoms with Gasteiger partial charge in [0.1, 0.15) is 5.82 Å². The SMILES string of the molecule is COC(=O)c1ccc(C(C)(C)OCC(C2CCCCC2)n2c(-c3ccc(Cl)cc3)nc3cc(F)c(F)cc32)cc1. The molecule has 5 nitrogen and oxygen atoms in total. The van der Waals surface area contributed by atoms with Gasteiger partial charge in [-0.3, -0.25) is 0 Å². The van der Waals surface area contributed by atoms with E-state index in [1.165, 1.54) is 19.6 Å². The maximum atomic E-state index is 14.6. The molecule has 40 heavy (non-hydrogen) atoms. The van der Waals surface area contributed by atoms with Gasteiger partial charge < -0.3 is 14.0 Å². The van der Waals surface area contributed by atoms with Gasteiger partial charge in [0.15, 0.2) is 11.6 Å². The van der Waals surface area contributed by atoms with Gasteiger partial charge in [-0.2, -0.15) is 0 Å². The molecule has 0 N–H and O–H groups in total. The zero-order valence-corrected chi connectivity index (χ0v) is 23.7. The van der Waals surface area contributed by atoms with E-state index in [2.05, 4.69) is 0 Å². The number of ether oxygens (including phenoxy) is 2. The van der Waals surface area contributed by atoms with E-state index in [-0.39, 0.29) is 12.0 Å². The lowest BCUT2D eigenvalue weighted by molar-refractivity contribution is -0.0474. The molecule has 0 amide bonds.